The number of likely N-dealkylation sites (N-methyl/N-ethyl adjacent to an activating group) is 1. The molecule has 0 bridgehead atoms. The van der Waals surface area contributed by atoms with Gasteiger partial charge in [0.15, 0.2) is 5.78 Å². The van der Waals surface area contributed by atoms with Gasteiger partial charge in [-0.15, -0.1) is 0 Å². The van der Waals surface area contributed by atoms with Crippen LogP contribution in [0.2, 0.25) is 5.02 Å². The van der Waals surface area contributed by atoms with Gasteiger partial charge in [-0.3, -0.25) is 9.59 Å². The van der Waals surface area contributed by atoms with Crippen LogP contribution in [0.25, 0.3) is 6.08 Å². The van der Waals surface area contributed by atoms with E-state index in [4.69, 9.17) is 16.3 Å². The quantitative estimate of drug-likeness (QED) is 0.677. The lowest BCUT2D eigenvalue weighted by Crippen LogP contribution is -2.53. The molecule has 5 heteroatoms. The van der Waals surface area contributed by atoms with Crippen molar-refractivity contribution in [3.05, 3.63) is 70.8 Å². The molecule has 1 unspecified atom stereocenters. The average Bonchev–Trinajstić information content (AvgIpc) is 2.72. The van der Waals surface area contributed by atoms with Crippen LogP contribution in [0.15, 0.2) is 54.6 Å². The summed E-state index contributed by atoms with van der Waals surface area (Å²) in [4.78, 5) is 27.6. The van der Waals surface area contributed by atoms with Crippen molar-refractivity contribution in [3.63, 3.8) is 0 Å². The normalized spacial score (nSPS) is 19.6. The molecule has 2 aromatic carbocycles. The molecular weight excluding hydrogens is 374 g/mol. The monoisotopic (exact) mass is 397 g/mol. The zero-order valence-electron chi connectivity index (χ0n) is 16.2. The van der Waals surface area contributed by atoms with E-state index in [1.54, 1.807) is 31.2 Å². The zero-order chi connectivity index (χ0) is 20.1. The first-order valence-electron chi connectivity index (χ1n) is 9.37. The van der Waals surface area contributed by atoms with Crippen LogP contribution < -0.4 is 4.74 Å². The van der Waals surface area contributed by atoms with Crippen LogP contribution in [0.4, 0.5) is 0 Å². The summed E-state index contributed by atoms with van der Waals surface area (Å²) < 4.78 is 5.22. The Balaban J connectivity index is 1.94. The molecule has 1 amide bonds. The number of carbonyl (C=O) groups excluding carboxylic acids is 2. The predicted molar refractivity (Wildman–Crippen MR) is 111 cm³/mol. The second kappa shape index (κ2) is 8.61. The number of ether oxygens (including phenoxy) is 1. The molecule has 0 aromatic heterocycles. The second-order valence-electron chi connectivity index (χ2n) is 6.98. The fraction of sp³-hybridized carbons (Fsp3) is 0.304. The van der Waals surface area contributed by atoms with E-state index in [-0.39, 0.29) is 11.7 Å². The van der Waals surface area contributed by atoms with Gasteiger partial charge in [-0.1, -0.05) is 41.9 Å². The van der Waals surface area contributed by atoms with Gasteiger partial charge in [0, 0.05) is 30.1 Å². The molecule has 1 atom stereocenters. The van der Waals surface area contributed by atoms with Crippen molar-refractivity contribution >= 4 is 29.4 Å². The highest BCUT2D eigenvalue weighted by Crippen LogP contribution is 2.42. The number of rotatable bonds is 5. The van der Waals surface area contributed by atoms with E-state index < -0.39 is 5.54 Å². The summed E-state index contributed by atoms with van der Waals surface area (Å²) in [7, 11) is 3.29. The number of nitrogens with zero attached hydrogens (tertiary/aromatic N) is 1. The van der Waals surface area contributed by atoms with E-state index in [0.29, 0.717) is 23.4 Å². The predicted octanol–water partition coefficient (Wildman–Crippen LogP) is 4.86. The maximum atomic E-state index is 13.1. The highest BCUT2D eigenvalue weighted by molar-refractivity contribution is 6.31. The van der Waals surface area contributed by atoms with Gasteiger partial charge in [-0.25, -0.2) is 0 Å². The Bertz CT molecular complexity index is 908. The Morgan fingerprint density at radius 1 is 1.18 bits per heavy atom. The summed E-state index contributed by atoms with van der Waals surface area (Å²) in [6, 6.07) is 14.8. The lowest BCUT2D eigenvalue weighted by molar-refractivity contribution is -0.144. The van der Waals surface area contributed by atoms with E-state index in [2.05, 4.69) is 0 Å². The first-order chi connectivity index (χ1) is 13.5. The fourth-order valence-electron chi connectivity index (χ4n) is 3.84. The molecule has 3 rings (SSSR count). The minimum atomic E-state index is -1.02. The number of Topliss-reactive ketones (excluding diaryl/α,β-unsaturated/α-hetero) is 1. The minimum Gasteiger partial charge on any atom is -0.497 e. The highest BCUT2D eigenvalue weighted by Gasteiger charge is 2.47. The number of hydrogen-bond acceptors (Lipinski definition) is 3. The van der Waals surface area contributed by atoms with E-state index in [9.17, 15) is 9.59 Å². The third-order valence-electron chi connectivity index (χ3n) is 5.39. The number of ketones is 1. The van der Waals surface area contributed by atoms with Crippen molar-refractivity contribution in [1.82, 2.24) is 4.90 Å². The van der Waals surface area contributed by atoms with Crippen molar-refractivity contribution in [2.75, 3.05) is 14.2 Å². The summed E-state index contributed by atoms with van der Waals surface area (Å²) in [5, 5.41) is 0.508. The third-order valence-corrected chi connectivity index (χ3v) is 5.72. The molecule has 1 aliphatic rings. The molecular formula is C23H24ClNO3. The van der Waals surface area contributed by atoms with Crippen LogP contribution >= 0.6 is 11.6 Å². The van der Waals surface area contributed by atoms with Gasteiger partial charge in [-0.05, 0) is 49.1 Å². The molecule has 0 N–H and O–H groups in total. The van der Waals surface area contributed by atoms with E-state index in [1.807, 2.05) is 42.5 Å². The first kappa shape index (κ1) is 20.2. The van der Waals surface area contributed by atoms with E-state index in [0.717, 1.165) is 24.2 Å². The number of hydrogen-bond donors (Lipinski definition) is 0. The molecule has 1 aliphatic carbocycles. The number of methoxy groups -OCH3 is 1. The molecule has 0 saturated heterocycles. The smallest absolute Gasteiger partial charge is 0.247 e. The van der Waals surface area contributed by atoms with E-state index >= 15 is 0 Å². The van der Waals surface area contributed by atoms with E-state index in [1.165, 1.54) is 6.08 Å². The molecule has 146 valence electrons. The summed E-state index contributed by atoms with van der Waals surface area (Å²) in [6.45, 7) is 0. The van der Waals surface area contributed by atoms with Crippen molar-refractivity contribution in [1.29, 1.82) is 0 Å². The average molecular weight is 398 g/mol. The molecule has 0 aliphatic heterocycles. The standard InChI is InChI=1S/C23H24ClNO3/c1-25(22(27)14-13-17-8-7-9-18(16-17)28-2)23(15-6-5-12-21(23)26)19-10-3-4-11-20(19)24/h3-4,7-11,13-14,16H,5-6,12,15H2,1-2H3. The molecule has 1 fully saturated rings. The molecule has 0 spiro atoms. The van der Waals surface area contributed by atoms with Crippen LogP contribution in [0.5, 0.6) is 5.75 Å². The van der Waals surface area contributed by atoms with Gasteiger partial charge >= 0.3 is 0 Å². The fourth-order valence-corrected chi connectivity index (χ4v) is 4.13. The third kappa shape index (κ3) is 3.83. The maximum absolute atomic E-state index is 13.1. The lowest BCUT2D eigenvalue weighted by Gasteiger charge is -2.43. The van der Waals surface area contributed by atoms with Crippen LogP contribution in [0.1, 0.15) is 36.8 Å². The van der Waals surface area contributed by atoms with Crippen molar-refractivity contribution in [3.8, 4) is 5.75 Å². The number of amides is 1. The van der Waals surface area contributed by atoms with Crippen LogP contribution in [0.3, 0.4) is 0 Å². The maximum Gasteiger partial charge on any atom is 0.247 e. The van der Waals surface area contributed by atoms with Crippen molar-refractivity contribution in [2.24, 2.45) is 0 Å². The summed E-state index contributed by atoms with van der Waals surface area (Å²) in [5.74, 6) is 0.522. The Hall–Kier alpha value is -2.59. The van der Waals surface area contributed by atoms with Crippen LogP contribution in [-0.2, 0) is 15.1 Å². The lowest BCUT2D eigenvalue weighted by atomic mass is 9.74. The molecule has 4 nitrogen and oxygen atoms in total. The largest absolute Gasteiger partial charge is 0.497 e. The van der Waals surface area contributed by atoms with Gasteiger partial charge < -0.3 is 9.64 Å². The van der Waals surface area contributed by atoms with Crippen molar-refractivity contribution < 1.29 is 14.3 Å². The molecule has 0 radical (unpaired) electrons. The highest BCUT2D eigenvalue weighted by atomic mass is 35.5. The summed E-state index contributed by atoms with van der Waals surface area (Å²) in [6.07, 6.45) is 5.96. The Kier molecular flexibility index (Phi) is 6.20. The SMILES string of the molecule is COc1cccc(C=CC(=O)N(C)C2(c3ccccc3Cl)CCCCC2=O)c1. The Morgan fingerprint density at radius 2 is 1.96 bits per heavy atom. The number of halogens is 1. The molecule has 0 heterocycles. The van der Waals surface area contributed by atoms with Gasteiger partial charge in [0.25, 0.3) is 0 Å². The topological polar surface area (TPSA) is 46.6 Å². The molecule has 2 aromatic rings. The Morgan fingerprint density at radius 3 is 2.68 bits per heavy atom. The van der Waals surface area contributed by atoms with Crippen molar-refractivity contribution in [2.45, 2.75) is 31.2 Å². The van der Waals surface area contributed by atoms with Gasteiger partial charge in [-0.2, -0.15) is 0 Å². The van der Waals surface area contributed by atoms with Gasteiger partial charge in [0.2, 0.25) is 5.91 Å². The summed E-state index contributed by atoms with van der Waals surface area (Å²) >= 11 is 6.45. The van der Waals surface area contributed by atoms with Gasteiger partial charge in [0.1, 0.15) is 11.3 Å². The molecule has 1 saturated carbocycles. The van der Waals surface area contributed by atoms with Crippen LogP contribution in [-0.4, -0.2) is 30.7 Å². The van der Waals surface area contributed by atoms with Crippen LogP contribution in [0, 0.1) is 0 Å². The molecule has 28 heavy (non-hydrogen) atoms. The van der Waals surface area contributed by atoms with Gasteiger partial charge in [0.05, 0.1) is 7.11 Å². The summed E-state index contributed by atoms with van der Waals surface area (Å²) in [5.41, 5.74) is 0.529. The first-order valence-corrected chi connectivity index (χ1v) is 9.75. The number of carbonyl (C=O) groups is 2. The Labute approximate surface area is 170 Å². The minimum absolute atomic E-state index is 0.0393. The zero-order valence-corrected chi connectivity index (χ0v) is 16.9. The number of benzene rings is 2. The second-order valence-corrected chi connectivity index (χ2v) is 7.38.